The zero-order chi connectivity index (χ0) is 20.6. The van der Waals surface area contributed by atoms with Gasteiger partial charge in [0.2, 0.25) is 5.91 Å². The molecule has 5 nitrogen and oxygen atoms in total. The summed E-state index contributed by atoms with van der Waals surface area (Å²) in [6.45, 7) is 1.51. The Hall–Kier alpha value is -2.69. The minimum absolute atomic E-state index is 0.0701. The van der Waals surface area contributed by atoms with Gasteiger partial charge in [-0.3, -0.25) is 14.6 Å². The summed E-state index contributed by atoms with van der Waals surface area (Å²) in [6, 6.07) is 12.7. The van der Waals surface area contributed by atoms with E-state index in [1.54, 1.807) is 12.4 Å². The summed E-state index contributed by atoms with van der Waals surface area (Å²) in [4.78, 5) is 31.5. The Bertz CT molecular complexity index is 930. The Morgan fingerprint density at radius 2 is 1.90 bits per heavy atom. The molecule has 2 heterocycles. The monoisotopic (exact) mass is 403 g/mol. The van der Waals surface area contributed by atoms with Gasteiger partial charge in [-0.2, -0.15) is 0 Å². The lowest BCUT2D eigenvalue weighted by Gasteiger charge is -2.40. The molecule has 2 fully saturated rings. The number of pyridine rings is 1. The topological polar surface area (TPSA) is 62.3 Å². The Balaban J connectivity index is 1.29. The molecule has 2 amide bonds. The van der Waals surface area contributed by atoms with Gasteiger partial charge in [0.1, 0.15) is 0 Å². The highest BCUT2D eigenvalue weighted by Crippen LogP contribution is 2.52. The number of likely N-dealkylation sites (tertiary alicyclic amines) is 1. The lowest BCUT2D eigenvalue weighted by atomic mass is 9.73. The maximum atomic E-state index is 12.8. The smallest absolute Gasteiger partial charge is 0.255 e. The molecule has 1 N–H and O–H groups in total. The Labute approximate surface area is 177 Å². The first-order chi connectivity index (χ1) is 14.6. The molecule has 30 heavy (non-hydrogen) atoms. The largest absolute Gasteiger partial charge is 0.353 e. The van der Waals surface area contributed by atoms with Crippen LogP contribution in [-0.4, -0.2) is 40.8 Å². The van der Waals surface area contributed by atoms with Crippen LogP contribution >= 0.6 is 0 Å². The number of aromatic nitrogens is 1. The molecule has 0 bridgehead atoms. The molecule has 0 unspecified atom stereocenters. The quantitative estimate of drug-likeness (QED) is 0.845. The van der Waals surface area contributed by atoms with Gasteiger partial charge in [-0.05, 0) is 73.1 Å². The van der Waals surface area contributed by atoms with E-state index >= 15 is 0 Å². The Morgan fingerprint density at radius 3 is 2.60 bits per heavy atom. The molecule has 1 saturated heterocycles. The third-order valence-electron chi connectivity index (χ3n) is 7.43. The van der Waals surface area contributed by atoms with Crippen molar-refractivity contribution in [3.8, 4) is 0 Å². The van der Waals surface area contributed by atoms with Crippen LogP contribution in [0.3, 0.4) is 0 Å². The van der Waals surface area contributed by atoms with Gasteiger partial charge in [0.15, 0.2) is 0 Å². The molecule has 1 spiro atoms. The fourth-order valence-corrected chi connectivity index (χ4v) is 5.56. The zero-order valence-corrected chi connectivity index (χ0v) is 17.3. The summed E-state index contributed by atoms with van der Waals surface area (Å²) >= 11 is 0. The van der Waals surface area contributed by atoms with Crippen LogP contribution in [-0.2, 0) is 10.2 Å². The van der Waals surface area contributed by atoms with Crippen molar-refractivity contribution in [2.24, 2.45) is 0 Å². The minimum atomic E-state index is 0.0701. The molecular weight excluding hydrogens is 374 g/mol. The summed E-state index contributed by atoms with van der Waals surface area (Å²) in [5.41, 5.74) is 3.49. The maximum absolute atomic E-state index is 12.8. The lowest BCUT2D eigenvalue weighted by Crippen LogP contribution is -2.44. The van der Waals surface area contributed by atoms with E-state index in [9.17, 15) is 9.59 Å². The van der Waals surface area contributed by atoms with Crippen LogP contribution in [0.15, 0.2) is 48.8 Å². The first-order valence-electron chi connectivity index (χ1n) is 11.2. The van der Waals surface area contributed by atoms with Gasteiger partial charge in [0, 0.05) is 37.9 Å². The van der Waals surface area contributed by atoms with Gasteiger partial charge in [-0.15, -0.1) is 0 Å². The second-order valence-electron chi connectivity index (χ2n) is 9.20. The van der Waals surface area contributed by atoms with Gasteiger partial charge < -0.3 is 10.2 Å². The summed E-state index contributed by atoms with van der Waals surface area (Å²) < 4.78 is 0. The van der Waals surface area contributed by atoms with Crippen molar-refractivity contribution < 1.29 is 9.59 Å². The Morgan fingerprint density at radius 1 is 1.10 bits per heavy atom. The average molecular weight is 404 g/mol. The number of nitrogens with zero attached hydrogens (tertiary/aromatic N) is 2. The number of nitrogens with one attached hydrogen (secondary N) is 1. The van der Waals surface area contributed by atoms with Crippen molar-refractivity contribution in [2.45, 2.75) is 62.3 Å². The predicted molar refractivity (Wildman–Crippen MR) is 115 cm³/mol. The maximum Gasteiger partial charge on any atom is 0.255 e. The van der Waals surface area contributed by atoms with Gasteiger partial charge in [-0.1, -0.05) is 24.3 Å². The van der Waals surface area contributed by atoms with Crippen molar-refractivity contribution >= 4 is 11.8 Å². The zero-order valence-electron chi connectivity index (χ0n) is 17.3. The third kappa shape index (κ3) is 3.51. The van der Waals surface area contributed by atoms with Gasteiger partial charge in [0.05, 0.1) is 5.56 Å². The fourth-order valence-electron chi connectivity index (χ4n) is 5.56. The van der Waals surface area contributed by atoms with Crippen molar-refractivity contribution in [2.75, 3.05) is 13.1 Å². The normalized spacial score (nSPS) is 22.4. The number of amides is 2. The van der Waals surface area contributed by atoms with E-state index in [0.29, 0.717) is 18.0 Å². The highest BCUT2D eigenvalue weighted by molar-refractivity contribution is 5.94. The highest BCUT2D eigenvalue weighted by Gasteiger charge is 2.46. The van der Waals surface area contributed by atoms with Crippen molar-refractivity contribution in [1.29, 1.82) is 0 Å². The minimum Gasteiger partial charge on any atom is -0.353 e. The van der Waals surface area contributed by atoms with E-state index in [1.165, 1.54) is 17.5 Å². The molecule has 1 saturated carbocycles. The number of benzene rings is 1. The van der Waals surface area contributed by atoms with E-state index < -0.39 is 0 Å². The molecule has 1 aromatic heterocycles. The number of carbonyl (C=O) groups is 2. The highest BCUT2D eigenvalue weighted by atomic mass is 16.2. The molecule has 5 rings (SSSR count). The van der Waals surface area contributed by atoms with Crippen molar-refractivity contribution in [3.63, 3.8) is 0 Å². The number of piperidine rings is 1. The lowest BCUT2D eigenvalue weighted by molar-refractivity contribution is -0.122. The third-order valence-corrected chi connectivity index (χ3v) is 7.43. The summed E-state index contributed by atoms with van der Waals surface area (Å²) in [5, 5.41) is 3.21. The molecular formula is C25H29N3O2. The van der Waals surface area contributed by atoms with Gasteiger partial charge >= 0.3 is 0 Å². The molecule has 1 aliphatic heterocycles. The molecule has 0 radical (unpaired) electrons. The second kappa shape index (κ2) is 7.86. The fraction of sp³-hybridized carbons (Fsp3) is 0.480. The Kier molecular flexibility index (Phi) is 5.05. The molecule has 5 heteroatoms. The standard InChI is InChI=1S/C25H29N3O2/c29-23(27-20-6-3-7-20)15-19-16-25(22-9-2-1-8-21(19)22)10-13-28(14-11-25)24(30)18-5-4-12-26-17-18/h1-2,4-5,8-9,12,17,19-20H,3,6-7,10-11,13-16H2,(H,27,29)/t19-/m1/s1. The van der Waals surface area contributed by atoms with Crippen LogP contribution in [0.4, 0.5) is 0 Å². The van der Waals surface area contributed by atoms with E-state index in [2.05, 4.69) is 34.6 Å². The SMILES string of the molecule is O=C(C[C@@H]1CC2(CCN(C(=O)c3cccnc3)CC2)c2ccccc21)NC1CCC1. The van der Waals surface area contributed by atoms with Crippen molar-refractivity contribution in [1.82, 2.24) is 15.2 Å². The first-order valence-corrected chi connectivity index (χ1v) is 11.2. The summed E-state index contributed by atoms with van der Waals surface area (Å²) in [6.07, 6.45) is 10.3. The van der Waals surface area contributed by atoms with E-state index in [0.717, 1.165) is 45.2 Å². The van der Waals surface area contributed by atoms with Crippen LogP contribution in [0.25, 0.3) is 0 Å². The second-order valence-corrected chi connectivity index (χ2v) is 9.20. The first kappa shape index (κ1) is 19.3. The molecule has 2 aliphatic carbocycles. The molecule has 3 aliphatic rings. The number of rotatable bonds is 4. The van der Waals surface area contributed by atoms with Gasteiger partial charge in [-0.25, -0.2) is 0 Å². The van der Waals surface area contributed by atoms with Gasteiger partial charge in [0.25, 0.3) is 5.91 Å². The number of carbonyl (C=O) groups excluding carboxylic acids is 2. The van der Waals surface area contributed by atoms with Crippen LogP contribution in [0.1, 0.15) is 72.3 Å². The van der Waals surface area contributed by atoms with Crippen LogP contribution in [0, 0.1) is 0 Å². The van der Waals surface area contributed by atoms with Crippen LogP contribution in [0.2, 0.25) is 0 Å². The number of hydrogen-bond donors (Lipinski definition) is 1. The molecule has 156 valence electrons. The van der Waals surface area contributed by atoms with E-state index in [-0.39, 0.29) is 23.1 Å². The van der Waals surface area contributed by atoms with Crippen LogP contribution < -0.4 is 5.32 Å². The number of fused-ring (bicyclic) bond motifs is 2. The predicted octanol–water partition coefficient (Wildman–Crippen LogP) is 3.80. The molecule has 2 aromatic rings. The van der Waals surface area contributed by atoms with E-state index in [1.807, 2.05) is 17.0 Å². The van der Waals surface area contributed by atoms with Crippen molar-refractivity contribution in [3.05, 3.63) is 65.5 Å². The number of hydrogen-bond acceptors (Lipinski definition) is 3. The van der Waals surface area contributed by atoms with Crippen LogP contribution in [0.5, 0.6) is 0 Å². The summed E-state index contributed by atoms with van der Waals surface area (Å²) in [7, 11) is 0. The molecule has 1 aromatic carbocycles. The molecule has 1 atom stereocenters. The average Bonchev–Trinajstić information content (AvgIpc) is 3.05. The summed E-state index contributed by atoms with van der Waals surface area (Å²) in [5.74, 6) is 0.545. The van der Waals surface area contributed by atoms with E-state index in [4.69, 9.17) is 0 Å².